The molecule has 0 aliphatic rings. The first-order chi connectivity index (χ1) is 9.38. The van der Waals surface area contributed by atoms with Crippen molar-refractivity contribution in [1.82, 2.24) is 20.2 Å². The van der Waals surface area contributed by atoms with Gasteiger partial charge in [-0.2, -0.15) is 16.9 Å². The van der Waals surface area contributed by atoms with E-state index in [1.54, 1.807) is 11.8 Å². The van der Waals surface area contributed by atoms with E-state index >= 15 is 0 Å². The number of H-pyrrole nitrogens is 1. The molecule has 8 heteroatoms. The minimum absolute atomic E-state index is 0.104. The molecule has 0 unspecified atom stereocenters. The van der Waals surface area contributed by atoms with Gasteiger partial charge in [0.2, 0.25) is 0 Å². The monoisotopic (exact) mass is 320 g/mol. The Balaban J connectivity index is 2.78. The van der Waals surface area contributed by atoms with Crippen molar-refractivity contribution in [2.45, 2.75) is 44.8 Å². The van der Waals surface area contributed by atoms with Gasteiger partial charge >= 0.3 is 0 Å². The minimum Gasteiger partial charge on any atom is -0.310 e. The van der Waals surface area contributed by atoms with Crippen LogP contribution >= 0.6 is 11.8 Å². The predicted octanol–water partition coefficient (Wildman–Crippen LogP) is 1.25. The molecule has 0 radical (unpaired) electrons. The lowest BCUT2D eigenvalue weighted by molar-refractivity contribution is 0.564. The normalized spacial score (nSPS) is 12.2. The minimum atomic E-state index is -3.54. The second-order valence-corrected chi connectivity index (χ2v) is 7.58. The summed E-state index contributed by atoms with van der Waals surface area (Å²) in [6.07, 6.45) is 2.81. The SMILES string of the molecule is CSCCCNS(=O)(=O)c1n[nH]c(C)c1CNC(C)C. The van der Waals surface area contributed by atoms with Crippen LogP contribution in [-0.2, 0) is 16.6 Å². The molecule has 1 heterocycles. The summed E-state index contributed by atoms with van der Waals surface area (Å²) in [5.74, 6) is 0.934. The Kier molecular flexibility index (Phi) is 7.01. The Morgan fingerprint density at radius 1 is 1.40 bits per heavy atom. The first-order valence-corrected chi connectivity index (χ1v) is 9.52. The Morgan fingerprint density at radius 2 is 2.10 bits per heavy atom. The third-order valence-corrected chi connectivity index (χ3v) is 4.92. The molecule has 20 heavy (non-hydrogen) atoms. The molecule has 0 spiro atoms. The smallest absolute Gasteiger partial charge is 0.260 e. The Hall–Kier alpha value is -0.570. The fraction of sp³-hybridized carbons (Fsp3) is 0.750. The number of aromatic nitrogens is 2. The second-order valence-electron chi connectivity index (χ2n) is 4.91. The molecule has 0 aliphatic carbocycles. The molecular weight excluding hydrogens is 296 g/mol. The van der Waals surface area contributed by atoms with Crippen molar-refractivity contribution < 1.29 is 8.42 Å². The largest absolute Gasteiger partial charge is 0.310 e. The van der Waals surface area contributed by atoms with Crippen LogP contribution < -0.4 is 10.0 Å². The maximum atomic E-state index is 12.2. The van der Waals surface area contributed by atoms with E-state index in [-0.39, 0.29) is 11.1 Å². The van der Waals surface area contributed by atoms with Gasteiger partial charge < -0.3 is 5.32 Å². The van der Waals surface area contributed by atoms with Crippen molar-refractivity contribution in [3.05, 3.63) is 11.3 Å². The van der Waals surface area contributed by atoms with Gasteiger partial charge in [0.25, 0.3) is 10.0 Å². The van der Waals surface area contributed by atoms with E-state index in [9.17, 15) is 8.42 Å². The van der Waals surface area contributed by atoms with Crippen LogP contribution in [0.4, 0.5) is 0 Å². The van der Waals surface area contributed by atoms with Crippen molar-refractivity contribution >= 4 is 21.8 Å². The van der Waals surface area contributed by atoms with Gasteiger partial charge in [-0.05, 0) is 25.4 Å². The highest BCUT2D eigenvalue weighted by Gasteiger charge is 2.23. The lowest BCUT2D eigenvalue weighted by Crippen LogP contribution is -2.28. The summed E-state index contributed by atoms with van der Waals surface area (Å²) in [5, 5.41) is 10.0. The van der Waals surface area contributed by atoms with E-state index in [0.717, 1.165) is 17.9 Å². The van der Waals surface area contributed by atoms with Crippen LogP contribution in [0, 0.1) is 6.92 Å². The van der Waals surface area contributed by atoms with Crippen LogP contribution in [0.2, 0.25) is 0 Å². The van der Waals surface area contributed by atoms with Crippen molar-refractivity contribution in [1.29, 1.82) is 0 Å². The number of nitrogens with zero attached hydrogens (tertiary/aromatic N) is 1. The lowest BCUT2D eigenvalue weighted by Gasteiger charge is -2.10. The average Bonchev–Trinajstić information content (AvgIpc) is 2.74. The first kappa shape index (κ1) is 17.5. The van der Waals surface area contributed by atoms with Gasteiger partial charge in [0.1, 0.15) is 0 Å². The molecule has 0 saturated heterocycles. The van der Waals surface area contributed by atoms with Gasteiger partial charge in [-0.3, -0.25) is 5.10 Å². The predicted molar refractivity (Wildman–Crippen MR) is 83.5 cm³/mol. The van der Waals surface area contributed by atoms with Crippen LogP contribution in [-0.4, -0.2) is 43.2 Å². The van der Waals surface area contributed by atoms with E-state index in [0.29, 0.717) is 18.7 Å². The van der Waals surface area contributed by atoms with Crippen molar-refractivity contribution in [3.8, 4) is 0 Å². The van der Waals surface area contributed by atoms with E-state index in [2.05, 4.69) is 20.2 Å². The van der Waals surface area contributed by atoms with Crippen molar-refractivity contribution in [3.63, 3.8) is 0 Å². The zero-order valence-corrected chi connectivity index (χ0v) is 14.1. The molecule has 3 N–H and O–H groups in total. The van der Waals surface area contributed by atoms with Gasteiger partial charge in [0.15, 0.2) is 5.03 Å². The number of aromatic amines is 1. The molecule has 0 fully saturated rings. The molecule has 0 amide bonds. The third-order valence-electron chi connectivity index (χ3n) is 2.79. The van der Waals surface area contributed by atoms with Gasteiger partial charge in [-0.1, -0.05) is 13.8 Å². The van der Waals surface area contributed by atoms with E-state index in [4.69, 9.17) is 0 Å². The number of nitrogens with one attached hydrogen (secondary N) is 3. The molecule has 0 aliphatic heterocycles. The molecule has 6 nitrogen and oxygen atoms in total. The van der Waals surface area contributed by atoms with Gasteiger partial charge in [0, 0.05) is 30.4 Å². The summed E-state index contributed by atoms with van der Waals surface area (Å²) in [5.41, 5.74) is 1.48. The second kappa shape index (κ2) is 8.02. The summed E-state index contributed by atoms with van der Waals surface area (Å²) in [4.78, 5) is 0. The number of rotatable bonds is 9. The fourth-order valence-corrected chi connectivity index (χ4v) is 3.36. The molecule has 116 valence electrons. The Morgan fingerprint density at radius 3 is 2.70 bits per heavy atom. The molecule has 1 aromatic heterocycles. The van der Waals surface area contributed by atoms with Crippen LogP contribution in [0.25, 0.3) is 0 Å². The van der Waals surface area contributed by atoms with Crippen LogP contribution in [0.3, 0.4) is 0 Å². The zero-order valence-electron chi connectivity index (χ0n) is 12.5. The number of hydrogen-bond acceptors (Lipinski definition) is 5. The summed E-state index contributed by atoms with van der Waals surface area (Å²) >= 11 is 1.70. The standard InChI is InChI=1S/C12H24N4O2S2/c1-9(2)13-8-11-10(3)15-16-12(11)20(17,18)14-6-5-7-19-4/h9,13-14H,5-8H2,1-4H3,(H,15,16). The number of aryl methyl sites for hydroxylation is 1. The van der Waals surface area contributed by atoms with Gasteiger partial charge in [0.05, 0.1) is 0 Å². The summed E-state index contributed by atoms with van der Waals surface area (Å²) < 4.78 is 27.1. The first-order valence-electron chi connectivity index (χ1n) is 6.64. The quantitative estimate of drug-likeness (QED) is 0.596. The van der Waals surface area contributed by atoms with E-state index in [1.165, 1.54) is 0 Å². The molecule has 0 atom stereocenters. The number of sulfonamides is 1. The Bertz CT molecular complexity index is 512. The lowest BCUT2D eigenvalue weighted by atomic mass is 10.2. The molecule has 0 aromatic carbocycles. The zero-order chi connectivity index (χ0) is 15.2. The average molecular weight is 320 g/mol. The van der Waals surface area contributed by atoms with Crippen molar-refractivity contribution in [2.75, 3.05) is 18.6 Å². The maximum Gasteiger partial charge on any atom is 0.260 e. The maximum absolute atomic E-state index is 12.2. The fourth-order valence-electron chi connectivity index (χ4n) is 1.66. The summed E-state index contributed by atoms with van der Waals surface area (Å²) in [6, 6.07) is 0.286. The highest BCUT2D eigenvalue weighted by molar-refractivity contribution is 7.98. The molecule has 0 bridgehead atoms. The summed E-state index contributed by atoms with van der Waals surface area (Å²) in [7, 11) is -3.54. The van der Waals surface area contributed by atoms with E-state index in [1.807, 2.05) is 27.0 Å². The third kappa shape index (κ3) is 5.08. The molecule has 1 aromatic rings. The molecule has 0 saturated carbocycles. The van der Waals surface area contributed by atoms with Gasteiger partial charge in [-0.25, -0.2) is 13.1 Å². The Labute approximate surface area is 125 Å². The molecular formula is C12H24N4O2S2. The van der Waals surface area contributed by atoms with Crippen LogP contribution in [0.5, 0.6) is 0 Å². The molecule has 1 rings (SSSR count). The van der Waals surface area contributed by atoms with Crippen molar-refractivity contribution in [2.24, 2.45) is 0 Å². The van der Waals surface area contributed by atoms with Crippen LogP contribution in [0.1, 0.15) is 31.5 Å². The highest BCUT2D eigenvalue weighted by Crippen LogP contribution is 2.16. The van der Waals surface area contributed by atoms with E-state index < -0.39 is 10.0 Å². The number of thioether (sulfide) groups is 1. The summed E-state index contributed by atoms with van der Waals surface area (Å²) in [6.45, 7) is 6.79. The topological polar surface area (TPSA) is 86.9 Å². The van der Waals surface area contributed by atoms with Gasteiger partial charge in [-0.15, -0.1) is 0 Å². The highest BCUT2D eigenvalue weighted by atomic mass is 32.2. The van der Waals surface area contributed by atoms with Crippen LogP contribution in [0.15, 0.2) is 5.03 Å². The number of hydrogen-bond donors (Lipinski definition) is 3.